The molecule has 2 rings (SSSR count). The molecule has 1 aromatic rings. The zero-order chi connectivity index (χ0) is 11.5. The fourth-order valence-electron chi connectivity index (χ4n) is 1.91. The quantitative estimate of drug-likeness (QED) is 0.731. The van der Waals surface area contributed by atoms with E-state index in [4.69, 9.17) is 4.74 Å². The van der Waals surface area contributed by atoms with Crippen LogP contribution in [0.4, 0.5) is 4.39 Å². The van der Waals surface area contributed by atoms with Crippen LogP contribution in [-0.2, 0) is 0 Å². The first-order valence-electron chi connectivity index (χ1n) is 5.29. The molecule has 0 unspecified atom stereocenters. The second-order valence-corrected chi connectivity index (χ2v) is 3.80. The molecule has 84 valence electrons. The molecular weight excluding hydrogens is 207 g/mol. The number of ketones is 1. The summed E-state index contributed by atoms with van der Waals surface area (Å²) in [5.74, 6) is -0.101. The van der Waals surface area contributed by atoms with Crippen molar-refractivity contribution in [3.05, 3.63) is 41.2 Å². The molecule has 16 heavy (non-hydrogen) atoms. The highest BCUT2D eigenvalue weighted by atomic mass is 19.1. The van der Waals surface area contributed by atoms with E-state index < -0.39 is 5.82 Å². The standard InChI is InChI=1S/C13H13FO2/c1-16-12-7-6-10(14)8-11(12)13(15)9-4-2-3-5-9/h4,6-8H,2-3,5H2,1H3. The van der Waals surface area contributed by atoms with Gasteiger partial charge in [-0.25, -0.2) is 4.39 Å². The summed E-state index contributed by atoms with van der Waals surface area (Å²) >= 11 is 0. The highest BCUT2D eigenvalue weighted by Gasteiger charge is 2.19. The fourth-order valence-corrected chi connectivity index (χ4v) is 1.91. The van der Waals surface area contributed by atoms with Gasteiger partial charge in [0, 0.05) is 0 Å². The van der Waals surface area contributed by atoms with Crippen LogP contribution >= 0.6 is 0 Å². The first-order valence-corrected chi connectivity index (χ1v) is 5.29. The Balaban J connectivity index is 2.38. The van der Waals surface area contributed by atoms with Crippen molar-refractivity contribution in [1.29, 1.82) is 0 Å². The smallest absolute Gasteiger partial charge is 0.192 e. The first-order chi connectivity index (χ1) is 7.72. The van der Waals surface area contributed by atoms with Gasteiger partial charge in [0.2, 0.25) is 0 Å². The van der Waals surface area contributed by atoms with Crippen molar-refractivity contribution in [2.45, 2.75) is 19.3 Å². The summed E-state index contributed by atoms with van der Waals surface area (Å²) in [5.41, 5.74) is 1.08. The van der Waals surface area contributed by atoms with Crippen LogP contribution in [0.1, 0.15) is 29.6 Å². The van der Waals surface area contributed by atoms with Crippen LogP contribution in [0.5, 0.6) is 5.75 Å². The summed E-state index contributed by atoms with van der Waals surface area (Å²) in [6, 6.07) is 4.01. The third-order valence-electron chi connectivity index (χ3n) is 2.74. The van der Waals surface area contributed by atoms with Crippen molar-refractivity contribution < 1.29 is 13.9 Å². The zero-order valence-electron chi connectivity index (χ0n) is 9.13. The van der Waals surface area contributed by atoms with Crippen LogP contribution in [-0.4, -0.2) is 12.9 Å². The number of ether oxygens (including phenoxy) is 1. The minimum Gasteiger partial charge on any atom is -0.496 e. The van der Waals surface area contributed by atoms with Gasteiger partial charge in [-0.1, -0.05) is 6.08 Å². The summed E-state index contributed by atoms with van der Waals surface area (Å²) in [6.45, 7) is 0. The number of carbonyl (C=O) groups is 1. The summed E-state index contributed by atoms with van der Waals surface area (Å²) < 4.78 is 18.2. The van der Waals surface area contributed by atoms with Crippen molar-refractivity contribution in [3.63, 3.8) is 0 Å². The third-order valence-corrected chi connectivity index (χ3v) is 2.74. The number of rotatable bonds is 3. The van der Waals surface area contributed by atoms with Gasteiger partial charge in [-0.05, 0) is 43.0 Å². The van der Waals surface area contributed by atoms with Crippen LogP contribution in [0.25, 0.3) is 0 Å². The van der Waals surface area contributed by atoms with Crippen LogP contribution < -0.4 is 4.74 Å². The van der Waals surface area contributed by atoms with E-state index in [2.05, 4.69) is 0 Å². The summed E-state index contributed by atoms with van der Waals surface area (Å²) in [4.78, 5) is 12.1. The fraction of sp³-hybridized carbons (Fsp3) is 0.308. The molecule has 0 spiro atoms. The first kappa shape index (κ1) is 10.9. The van der Waals surface area contributed by atoms with E-state index in [1.54, 1.807) is 0 Å². The minimum atomic E-state index is -0.414. The normalized spacial score (nSPS) is 14.8. The van der Waals surface area contributed by atoms with E-state index in [1.165, 1.54) is 25.3 Å². The zero-order valence-corrected chi connectivity index (χ0v) is 9.13. The summed E-state index contributed by atoms with van der Waals surface area (Å²) in [7, 11) is 1.48. The molecule has 0 aliphatic heterocycles. The van der Waals surface area contributed by atoms with Gasteiger partial charge in [0.1, 0.15) is 11.6 Å². The summed E-state index contributed by atoms with van der Waals surface area (Å²) in [6.07, 6.45) is 4.63. The Morgan fingerprint density at radius 3 is 2.88 bits per heavy atom. The lowest BCUT2D eigenvalue weighted by Gasteiger charge is -2.08. The lowest BCUT2D eigenvalue weighted by molar-refractivity contribution is 0.102. The van der Waals surface area contributed by atoms with Crippen molar-refractivity contribution in [2.24, 2.45) is 0 Å². The molecule has 1 aliphatic carbocycles. The molecule has 0 aromatic heterocycles. The topological polar surface area (TPSA) is 26.3 Å². The van der Waals surface area contributed by atoms with Gasteiger partial charge in [-0.3, -0.25) is 4.79 Å². The van der Waals surface area contributed by atoms with Gasteiger partial charge in [0.25, 0.3) is 0 Å². The number of hydrogen-bond donors (Lipinski definition) is 0. The van der Waals surface area contributed by atoms with Gasteiger partial charge >= 0.3 is 0 Å². The number of methoxy groups -OCH3 is 1. The predicted molar refractivity (Wildman–Crippen MR) is 59.2 cm³/mol. The number of benzene rings is 1. The summed E-state index contributed by atoms with van der Waals surface area (Å²) in [5, 5.41) is 0. The highest BCUT2D eigenvalue weighted by molar-refractivity contribution is 6.10. The number of hydrogen-bond acceptors (Lipinski definition) is 2. The maximum Gasteiger partial charge on any atom is 0.192 e. The molecule has 0 N–H and O–H groups in total. The van der Waals surface area contributed by atoms with Crippen molar-refractivity contribution in [3.8, 4) is 5.75 Å². The Hall–Kier alpha value is -1.64. The van der Waals surface area contributed by atoms with E-state index in [0.29, 0.717) is 11.3 Å². The largest absolute Gasteiger partial charge is 0.496 e. The number of carbonyl (C=O) groups excluding carboxylic acids is 1. The van der Waals surface area contributed by atoms with Crippen LogP contribution in [0.2, 0.25) is 0 Å². The van der Waals surface area contributed by atoms with E-state index in [1.807, 2.05) is 6.08 Å². The molecule has 3 heteroatoms. The number of Topliss-reactive ketones (excluding diaryl/α,β-unsaturated/α-hetero) is 1. The van der Waals surface area contributed by atoms with Gasteiger partial charge < -0.3 is 4.74 Å². The Morgan fingerprint density at radius 1 is 1.44 bits per heavy atom. The molecule has 1 aliphatic rings. The second-order valence-electron chi connectivity index (χ2n) is 3.80. The van der Waals surface area contributed by atoms with Gasteiger partial charge in [-0.2, -0.15) is 0 Å². The maximum atomic E-state index is 13.1. The molecule has 0 fully saturated rings. The Kier molecular flexibility index (Phi) is 3.04. The lowest BCUT2D eigenvalue weighted by atomic mass is 10.0. The van der Waals surface area contributed by atoms with Crippen molar-refractivity contribution in [2.75, 3.05) is 7.11 Å². The average molecular weight is 220 g/mol. The molecule has 0 heterocycles. The van der Waals surface area contributed by atoms with E-state index in [9.17, 15) is 9.18 Å². The molecule has 0 saturated carbocycles. The van der Waals surface area contributed by atoms with Crippen molar-refractivity contribution >= 4 is 5.78 Å². The van der Waals surface area contributed by atoms with Crippen molar-refractivity contribution in [1.82, 2.24) is 0 Å². The van der Waals surface area contributed by atoms with E-state index in [-0.39, 0.29) is 5.78 Å². The molecule has 2 nitrogen and oxygen atoms in total. The Labute approximate surface area is 93.7 Å². The van der Waals surface area contributed by atoms with E-state index >= 15 is 0 Å². The van der Waals surface area contributed by atoms with Crippen LogP contribution in [0.15, 0.2) is 29.8 Å². The monoisotopic (exact) mass is 220 g/mol. The molecule has 0 atom stereocenters. The Bertz CT molecular complexity index is 449. The molecule has 1 aromatic carbocycles. The predicted octanol–water partition coefficient (Wildman–Crippen LogP) is 3.13. The molecule has 0 bridgehead atoms. The molecule has 0 amide bonds. The molecular formula is C13H13FO2. The number of halogens is 1. The van der Waals surface area contributed by atoms with Gasteiger partial charge in [0.05, 0.1) is 12.7 Å². The Morgan fingerprint density at radius 2 is 2.25 bits per heavy atom. The average Bonchev–Trinajstić information content (AvgIpc) is 2.81. The molecule has 0 saturated heterocycles. The van der Waals surface area contributed by atoms with Crippen LogP contribution in [0, 0.1) is 5.82 Å². The third kappa shape index (κ3) is 1.98. The lowest BCUT2D eigenvalue weighted by Crippen LogP contribution is -2.04. The van der Waals surface area contributed by atoms with Gasteiger partial charge in [0.15, 0.2) is 5.78 Å². The highest BCUT2D eigenvalue weighted by Crippen LogP contribution is 2.27. The molecule has 0 radical (unpaired) electrons. The van der Waals surface area contributed by atoms with E-state index in [0.717, 1.165) is 24.8 Å². The second kappa shape index (κ2) is 4.47. The van der Waals surface area contributed by atoms with Crippen LogP contribution in [0.3, 0.4) is 0 Å². The number of allylic oxidation sites excluding steroid dienone is 2. The SMILES string of the molecule is COc1ccc(F)cc1C(=O)C1=CCCC1. The van der Waals surface area contributed by atoms with Gasteiger partial charge in [-0.15, -0.1) is 0 Å². The maximum absolute atomic E-state index is 13.1. The minimum absolute atomic E-state index is 0.117.